The number of fused-ring (bicyclic) bond motifs is 2. The number of likely N-dealkylation sites (tertiary alicyclic amines) is 1. The van der Waals surface area contributed by atoms with Gasteiger partial charge < -0.3 is 19.3 Å². The zero-order valence-corrected chi connectivity index (χ0v) is 17.6. The van der Waals surface area contributed by atoms with Crippen molar-refractivity contribution in [3.63, 3.8) is 0 Å². The molecule has 1 amide bonds. The average Bonchev–Trinajstić information content (AvgIpc) is 3.14. The first-order valence-corrected chi connectivity index (χ1v) is 10.5. The Hall–Kier alpha value is -1.96. The number of carbonyl (C=O) groups is 1. The third-order valence-electron chi connectivity index (χ3n) is 5.61. The van der Waals surface area contributed by atoms with E-state index >= 15 is 0 Å². The van der Waals surface area contributed by atoms with Crippen molar-refractivity contribution in [1.82, 2.24) is 14.8 Å². The van der Waals surface area contributed by atoms with Crippen LogP contribution in [0, 0.1) is 0 Å². The number of thiophene rings is 1. The Bertz CT molecular complexity index is 839. The number of hydrogen-bond acceptors (Lipinski definition) is 6. The van der Waals surface area contributed by atoms with Gasteiger partial charge in [0.1, 0.15) is 5.75 Å². The Balaban J connectivity index is 1.54. The minimum atomic E-state index is -0.260. The summed E-state index contributed by atoms with van der Waals surface area (Å²) in [5, 5.41) is 0. The molecule has 0 saturated carbocycles. The van der Waals surface area contributed by atoms with Crippen LogP contribution in [0.5, 0.6) is 5.75 Å². The van der Waals surface area contributed by atoms with Gasteiger partial charge in [-0.3, -0.25) is 9.78 Å². The number of amides is 1. The highest BCUT2D eigenvalue weighted by molar-refractivity contribution is 7.15. The molecule has 6 nitrogen and oxygen atoms in total. The molecule has 0 aromatic carbocycles. The SMILES string of the molecule is COc1ccc(-c2cc3c(s2)CCOC32CCN(C(=O)CN(C)C)CC2)nc1. The van der Waals surface area contributed by atoms with Crippen molar-refractivity contribution in [2.24, 2.45) is 0 Å². The van der Waals surface area contributed by atoms with Crippen LogP contribution in [0.3, 0.4) is 0 Å². The molecule has 2 aromatic heterocycles. The van der Waals surface area contributed by atoms with Gasteiger partial charge in [-0.25, -0.2) is 0 Å². The van der Waals surface area contributed by atoms with Gasteiger partial charge in [-0.05, 0) is 50.7 Å². The van der Waals surface area contributed by atoms with Crippen molar-refractivity contribution < 1.29 is 14.3 Å². The monoisotopic (exact) mass is 401 g/mol. The number of aromatic nitrogens is 1. The van der Waals surface area contributed by atoms with Crippen LogP contribution in [0.1, 0.15) is 23.3 Å². The Morgan fingerprint density at radius 3 is 2.79 bits per heavy atom. The van der Waals surface area contributed by atoms with E-state index in [4.69, 9.17) is 9.47 Å². The number of carbonyl (C=O) groups excluding carboxylic acids is 1. The third kappa shape index (κ3) is 3.66. The molecule has 0 unspecified atom stereocenters. The molecular formula is C21H27N3O3S. The molecule has 2 aliphatic heterocycles. The quantitative estimate of drug-likeness (QED) is 0.789. The minimum absolute atomic E-state index is 0.198. The number of ether oxygens (including phenoxy) is 2. The van der Waals surface area contributed by atoms with Crippen LogP contribution in [0.2, 0.25) is 0 Å². The molecule has 1 saturated heterocycles. The fourth-order valence-corrected chi connectivity index (χ4v) is 5.30. The first-order chi connectivity index (χ1) is 13.5. The Labute approximate surface area is 170 Å². The van der Waals surface area contributed by atoms with Gasteiger partial charge in [-0.1, -0.05) is 0 Å². The number of rotatable bonds is 4. The van der Waals surface area contributed by atoms with E-state index in [1.165, 1.54) is 15.3 Å². The summed E-state index contributed by atoms with van der Waals surface area (Å²) in [7, 11) is 5.51. The van der Waals surface area contributed by atoms with Gasteiger partial charge in [-0.15, -0.1) is 11.3 Å². The van der Waals surface area contributed by atoms with Crippen LogP contribution in [-0.2, 0) is 21.6 Å². The van der Waals surface area contributed by atoms with Gasteiger partial charge in [0.05, 0.1) is 42.6 Å². The zero-order chi connectivity index (χ0) is 19.7. The molecule has 1 fully saturated rings. The number of likely N-dealkylation sites (N-methyl/N-ethyl adjacent to an activating group) is 1. The van der Waals surface area contributed by atoms with Crippen molar-refractivity contribution >= 4 is 17.2 Å². The summed E-state index contributed by atoms with van der Waals surface area (Å²) in [5.41, 5.74) is 2.01. The topological polar surface area (TPSA) is 54.9 Å². The van der Waals surface area contributed by atoms with E-state index in [0.717, 1.165) is 50.4 Å². The second-order valence-electron chi connectivity index (χ2n) is 7.74. The van der Waals surface area contributed by atoms with E-state index in [9.17, 15) is 4.79 Å². The highest BCUT2D eigenvalue weighted by Gasteiger charge is 2.42. The summed E-state index contributed by atoms with van der Waals surface area (Å²) in [6.45, 7) is 2.70. The molecule has 4 heterocycles. The maximum absolute atomic E-state index is 12.4. The highest BCUT2D eigenvalue weighted by atomic mass is 32.1. The Morgan fingerprint density at radius 1 is 1.36 bits per heavy atom. The summed E-state index contributed by atoms with van der Waals surface area (Å²) >= 11 is 1.81. The summed E-state index contributed by atoms with van der Waals surface area (Å²) in [5.74, 6) is 0.962. The fraction of sp³-hybridized carbons (Fsp3) is 0.524. The molecule has 2 aliphatic rings. The van der Waals surface area contributed by atoms with Crippen molar-refractivity contribution in [2.45, 2.75) is 24.9 Å². The van der Waals surface area contributed by atoms with Crippen molar-refractivity contribution in [2.75, 3.05) is 47.4 Å². The predicted octanol–water partition coefficient (Wildman–Crippen LogP) is 2.77. The number of pyridine rings is 1. The summed E-state index contributed by atoms with van der Waals surface area (Å²) in [4.78, 5) is 23.4. The van der Waals surface area contributed by atoms with Crippen LogP contribution in [0.15, 0.2) is 24.4 Å². The molecule has 0 aliphatic carbocycles. The molecule has 0 atom stereocenters. The average molecular weight is 402 g/mol. The molecule has 7 heteroatoms. The fourth-order valence-electron chi connectivity index (χ4n) is 4.09. The lowest BCUT2D eigenvalue weighted by Crippen LogP contribution is -2.49. The van der Waals surface area contributed by atoms with Gasteiger partial charge in [0.2, 0.25) is 5.91 Å². The first kappa shape index (κ1) is 19.4. The van der Waals surface area contributed by atoms with Gasteiger partial charge in [-0.2, -0.15) is 0 Å². The molecule has 150 valence electrons. The normalized spacial score (nSPS) is 18.4. The zero-order valence-electron chi connectivity index (χ0n) is 16.7. The lowest BCUT2D eigenvalue weighted by Gasteiger charge is -2.44. The number of hydrogen-bond donors (Lipinski definition) is 0. The lowest BCUT2D eigenvalue weighted by atomic mass is 9.82. The van der Waals surface area contributed by atoms with Gasteiger partial charge >= 0.3 is 0 Å². The summed E-state index contributed by atoms with van der Waals surface area (Å²) in [6.07, 6.45) is 4.41. The molecule has 28 heavy (non-hydrogen) atoms. The number of piperidine rings is 1. The third-order valence-corrected chi connectivity index (χ3v) is 6.82. The largest absolute Gasteiger partial charge is 0.495 e. The van der Waals surface area contributed by atoms with E-state index in [1.54, 1.807) is 13.3 Å². The van der Waals surface area contributed by atoms with Crippen LogP contribution in [0.25, 0.3) is 10.6 Å². The van der Waals surface area contributed by atoms with Crippen LogP contribution in [0.4, 0.5) is 0 Å². The molecule has 4 rings (SSSR count). The van der Waals surface area contributed by atoms with E-state index < -0.39 is 0 Å². The van der Waals surface area contributed by atoms with E-state index in [0.29, 0.717) is 6.54 Å². The highest BCUT2D eigenvalue weighted by Crippen LogP contribution is 2.46. The predicted molar refractivity (Wildman–Crippen MR) is 110 cm³/mol. The molecule has 0 radical (unpaired) electrons. The van der Waals surface area contributed by atoms with Crippen molar-refractivity contribution in [1.29, 1.82) is 0 Å². The molecule has 0 bridgehead atoms. The Kier molecular flexibility index (Phi) is 5.40. The molecule has 0 N–H and O–H groups in total. The summed E-state index contributed by atoms with van der Waals surface area (Å²) < 4.78 is 11.6. The van der Waals surface area contributed by atoms with Gasteiger partial charge in [0.25, 0.3) is 0 Å². The maximum Gasteiger partial charge on any atom is 0.236 e. The smallest absolute Gasteiger partial charge is 0.236 e. The van der Waals surface area contributed by atoms with E-state index in [2.05, 4.69) is 11.1 Å². The number of methoxy groups -OCH3 is 1. The van der Waals surface area contributed by atoms with Gasteiger partial charge in [0.15, 0.2) is 0 Å². The van der Waals surface area contributed by atoms with Crippen LogP contribution < -0.4 is 4.74 Å². The molecule has 2 aromatic rings. The summed E-state index contributed by atoms with van der Waals surface area (Å²) in [6, 6.07) is 6.21. The van der Waals surface area contributed by atoms with E-state index in [1.807, 2.05) is 47.4 Å². The van der Waals surface area contributed by atoms with Gasteiger partial charge in [0, 0.05) is 24.4 Å². The second-order valence-corrected chi connectivity index (χ2v) is 8.88. The maximum atomic E-state index is 12.4. The van der Waals surface area contributed by atoms with Crippen molar-refractivity contribution in [3.8, 4) is 16.3 Å². The van der Waals surface area contributed by atoms with Crippen LogP contribution >= 0.6 is 11.3 Å². The first-order valence-electron chi connectivity index (χ1n) is 9.71. The minimum Gasteiger partial charge on any atom is -0.495 e. The molecule has 1 spiro atoms. The van der Waals surface area contributed by atoms with E-state index in [-0.39, 0.29) is 11.5 Å². The van der Waals surface area contributed by atoms with Crippen LogP contribution in [-0.4, -0.2) is 68.1 Å². The lowest BCUT2D eigenvalue weighted by molar-refractivity contribution is -0.141. The number of nitrogens with zero attached hydrogens (tertiary/aromatic N) is 3. The second kappa shape index (κ2) is 7.81. The standard InChI is InChI=1S/C21H27N3O3S/c1-23(2)14-20(25)24-9-7-21(8-10-24)16-12-19(28-18(16)6-11-27-21)17-5-4-15(26-3)13-22-17/h4-5,12-13H,6-11,14H2,1-3H3. The molecular weight excluding hydrogens is 374 g/mol. The van der Waals surface area contributed by atoms with Crippen molar-refractivity contribution in [3.05, 3.63) is 34.8 Å². The Morgan fingerprint density at radius 2 is 2.14 bits per heavy atom.